The Hall–Kier alpha value is -1.35. The molecule has 0 bridgehead atoms. The average molecular weight is 302 g/mol. The van der Waals surface area contributed by atoms with Gasteiger partial charge in [-0.3, -0.25) is 0 Å². The van der Waals surface area contributed by atoms with Gasteiger partial charge in [-0.15, -0.1) is 0 Å². The van der Waals surface area contributed by atoms with Crippen LogP contribution >= 0.6 is 0 Å². The second kappa shape index (κ2) is 6.04. The Kier molecular flexibility index (Phi) is 4.26. The van der Waals surface area contributed by atoms with Crippen molar-refractivity contribution in [3.63, 3.8) is 0 Å². The Labute approximate surface area is 132 Å². The molecule has 0 saturated carbocycles. The molecule has 0 spiro atoms. The number of hydrogen-bond acceptors (Lipinski definition) is 1. The molecule has 1 aromatic carbocycles. The zero-order valence-electron chi connectivity index (χ0n) is 14.2. The fourth-order valence-electron chi connectivity index (χ4n) is 3.90. The first kappa shape index (κ1) is 15.5. The van der Waals surface area contributed by atoms with Gasteiger partial charge >= 0.3 is 0 Å². The van der Waals surface area contributed by atoms with Crippen LogP contribution in [0.1, 0.15) is 42.5 Å². The second-order valence-electron chi connectivity index (χ2n) is 6.88. The fourth-order valence-corrected chi connectivity index (χ4v) is 3.90. The number of hydrogen-bond donors (Lipinski definition) is 0. The number of aryl methyl sites for hydroxylation is 3. The van der Waals surface area contributed by atoms with Gasteiger partial charge in [-0.25, -0.2) is 4.39 Å². The van der Waals surface area contributed by atoms with Crippen molar-refractivity contribution in [1.29, 1.82) is 0 Å². The predicted molar refractivity (Wildman–Crippen MR) is 91.5 cm³/mol. The first-order chi connectivity index (χ1) is 10.5. The molecule has 0 radical (unpaired) electrons. The Bertz CT molecular complexity index is 674. The largest absolute Gasteiger partial charge is 0.345 e. The molecule has 120 valence electrons. The molecule has 22 heavy (non-hydrogen) atoms. The summed E-state index contributed by atoms with van der Waals surface area (Å²) < 4.78 is 16.9. The van der Waals surface area contributed by atoms with E-state index in [-0.39, 0.29) is 5.92 Å². The first-order valence-corrected chi connectivity index (χ1v) is 8.44. The van der Waals surface area contributed by atoms with E-state index in [1.54, 1.807) is 0 Å². The molecular weight excluding hydrogens is 275 g/mol. The Morgan fingerprint density at radius 2 is 2.00 bits per heavy atom. The number of fused-ring (bicyclic) bond motifs is 1. The highest BCUT2D eigenvalue weighted by atomic mass is 19.1. The molecule has 0 amide bonds. The highest BCUT2D eigenvalue weighted by Crippen LogP contribution is 2.35. The SMILES string of the molecule is CCCn1c(C)cc2cc(C)c(C3CCN(C)CC3F)cc21. The summed E-state index contributed by atoms with van der Waals surface area (Å²) >= 11 is 0. The molecule has 2 atom stereocenters. The van der Waals surface area contributed by atoms with Gasteiger partial charge < -0.3 is 9.47 Å². The van der Waals surface area contributed by atoms with Gasteiger partial charge in [0.15, 0.2) is 0 Å². The van der Waals surface area contributed by atoms with E-state index in [4.69, 9.17) is 0 Å². The lowest BCUT2D eigenvalue weighted by atomic mass is 9.85. The summed E-state index contributed by atoms with van der Waals surface area (Å²) in [5, 5.41) is 1.29. The number of halogens is 1. The van der Waals surface area contributed by atoms with Crippen molar-refractivity contribution in [1.82, 2.24) is 9.47 Å². The maximum absolute atomic E-state index is 14.6. The van der Waals surface area contributed by atoms with E-state index in [0.717, 1.165) is 25.9 Å². The van der Waals surface area contributed by atoms with Gasteiger partial charge in [-0.2, -0.15) is 0 Å². The van der Waals surface area contributed by atoms with Crippen LogP contribution in [0.4, 0.5) is 4.39 Å². The van der Waals surface area contributed by atoms with E-state index in [0.29, 0.717) is 6.54 Å². The molecule has 1 saturated heterocycles. The molecule has 1 aliphatic rings. The maximum atomic E-state index is 14.6. The summed E-state index contributed by atoms with van der Waals surface area (Å²) in [6.07, 6.45) is 1.27. The van der Waals surface area contributed by atoms with E-state index in [1.165, 1.54) is 27.7 Å². The monoisotopic (exact) mass is 302 g/mol. The van der Waals surface area contributed by atoms with E-state index in [1.807, 2.05) is 7.05 Å². The van der Waals surface area contributed by atoms with Crippen LogP contribution in [-0.4, -0.2) is 35.8 Å². The molecule has 1 aliphatic heterocycles. The van der Waals surface area contributed by atoms with Crippen LogP contribution in [0.25, 0.3) is 10.9 Å². The molecule has 1 aromatic heterocycles. The van der Waals surface area contributed by atoms with Gasteiger partial charge in [0.05, 0.1) is 0 Å². The molecule has 2 nitrogen and oxygen atoms in total. The van der Waals surface area contributed by atoms with Gasteiger partial charge in [0.2, 0.25) is 0 Å². The third-order valence-electron chi connectivity index (χ3n) is 5.09. The average Bonchev–Trinajstić information content (AvgIpc) is 2.74. The highest BCUT2D eigenvalue weighted by molar-refractivity contribution is 5.83. The molecule has 2 unspecified atom stereocenters. The zero-order chi connectivity index (χ0) is 15.9. The Balaban J connectivity index is 2.06. The maximum Gasteiger partial charge on any atom is 0.120 e. The minimum Gasteiger partial charge on any atom is -0.345 e. The molecule has 1 fully saturated rings. The molecule has 2 aromatic rings. The summed E-state index contributed by atoms with van der Waals surface area (Å²) in [4.78, 5) is 2.10. The summed E-state index contributed by atoms with van der Waals surface area (Å²) in [6.45, 7) is 9.07. The van der Waals surface area contributed by atoms with Crippen LogP contribution in [0.5, 0.6) is 0 Å². The minimum absolute atomic E-state index is 0.0471. The van der Waals surface area contributed by atoms with Gasteiger partial charge in [0.1, 0.15) is 6.17 Å². The van der Waals surface area contributed by atoms with Crippen molar-refractivity contribution in [3.05, 3.63) is 35.0 Å². The van der Waals surface area contributed by atoms with E-state index in [9.17, 15) is 4.39 Å². The van der Waals surface area contributed by atoms with Crippen LogP contribution < -0.4 is 0 Å². The number of nitrogens with zero attached hydrogens (tertiary/aromatic N) is 2. The van der Waals surface area contributed by atoms with Crippen LogP contribution in [-0.2, 0) is 6.54 Å². The van der Waals surface area contributed by atoms with Crippen LogP contribution in [0.3, 0.4) is 0 Å². The molecule has 0 N–H and O–H groups in total. The minimum atomic E-state index is -0.759. The predicted octanol–water partition coefficient (Wildman–Crippen LogP) is 4.43. The molecule has 3 rings (SSSR count). The van der Waals surface area contributed by atoms with Crippen molar-refractivity contribution < 1.29 is 4.39 Å². The zero-order valence-corrected chi connectivity index (χ0v) is 14.2. The van der Waals surface area contributed by atoms with Crippen molar-refractivity contribution >= 4 is 10.9 Å². The van der Waals surface area contributed by atoms with Crippen molar-refractivity contribution in [2.24, 2.45) is 0 Å². The molecule has 0 aliphatic carbocycles. The van der Waals surface area contributed by atoms with Gasteiger partial charge in [-0.1, -0.05) is 6.92 Å². The second-order valence-corrected chi connectivity index (χ2v) is 6.88. The third-order valence-corrected chi connectivity index (χ3v) is 5.09. The topological polar surface area (TPSA) is 8.17 Å². The highest BCUT2D eigenvalue weighted by Gasteiger charge is 2.30. The third kappa shape index (κ3) is 2.67. The van der Waals surface area contributed by atoms with Crippen molar-refractivity contribution in [2.45, 2.75) is 52.2 Å². The summed E-state index contributed by atoms with van der Waals surface area (Å²) in [5.74, 6) is 0.0471. The number of likely N-dealkylation sites (tertiary alicyclic amines) is 1. The van der Waals surface area contributed by atoms with Gasteiger partial charge in [0, 0.05) is 35.6 Å². The van der Waals surface area contributed by atoms with Crippen molar-refractivity contribution in [3.8, 4) is 0 Å². The smallest absolute Gasteiger partial charge is 0.120 e. The lowest BCUT2D eigenvalue weighted by Gasteiger charge is -2.33. The number of benzene rings is 1. The van der Waals surface area contributed by atoms with Gasteiger partial charge in [0.25, 0.3) is 0 Å². The van der Waals surface area contributed by atoms with E-state index < -0.39 is 6.17 Å². The molecule has 2 heterocycles. The van der Waals surface area contributed by atoms with E-state index >= 15 is 0 Å². The first-order valence-electron chi connectivity index (χ1n) is 8.44. The van der Waals surface area contributed by atoms with Gasteiger partial charge in [-0.05, 0) is 69.6 Å². The number of piperidine rings is 1. The van der Waals surface area contributed by atoms with Crippen LogP contribution in [0.2, 0.25) is 0 Å². The standard InChI is InChI=1S/C19H27FN2/c1-5-7-22-14(3)10-15-9-13(2)17(11-19(15)22)16-6-8-21(4)12-18(16)20/h9-11,16,18H,5-8,12H2,1-4H3. The molecule has 3 heteroatoms. The summed E-state index contributed by atoms with van der Waals surface area (Å²) in [5.41, 5.74) is 5.02. The van der Waals surface area contributed by atoms with Crippen LogP contribution in [0.15, 0.2) is 18.2 Å². The fraction of sp³-hybridized carbons (Fsp3) is 0.579. The lowest BCUT2D eigenvalue weighted by molar-refractivity contribution is 0.139. The quantitative estimate of drug-likeness (QED) is 0.814. The van der Waals surface area contributed by atoms with Crippen molar-refractivity contribution in [2.75, 3.05) is 20.1 Å². The molecular formula is C19H27FN2. The van der Waals surface area contributed by atoms with Crippen LogP contribution in [0, 0.1) is 13.8 Å². The van der Waals surface area contributed by atoms with E-state index in [2.05, 4.69) is 48.4 Å². The summed E-state index contributed by atoms with van der Waals surface area (Å²) in [7, 11) is 2.01. The number of rotatable bonds is 3. The summed E-state index contributed by atoms with van der Waals surface area (Å²) in [6, 6.07) is 6.76. The Morgan fingerprint density at radius 3 is 2.68 bits per heavy atom. The number of alkyl halides is 1. The normalized spacial score (nSPS) is 23.3. The lowest BCUT2D eigenvalue weighted by Crippen LogP contribution is -2.38. The Morgan fingerprint density at radius 1 is 1.23 bits per heavy atom. The number of aromatic nitrogens is 1.